The van der Waals surface area contributed by atoms with E-state index in [1.165, 1.54) is 0 Å². The van der Waals surface area contributed by atoms with Gasteiger partial charge < -0.3 is 15.5 Å². The van der Waals surface area contributed by atoms with Crippen molar-refractivity contribution in [2.24, 2.45) is 5.73 Å². The monoisotopic (exact) mass is 380 g/mol. The van der Waals surface area contributed by atoms with Crippen LogP contribution in [0.1, 0.15) is 42.6 Å². The zero-order chi connectivity index (χ0) is 17.2. The zero-order valence-electron chi connectivity index (χ0n) is 13.5. The van der Waals surface area contributed by atoms with E-state index in [9.17, 15) is 9.59 Å². The average molecular weight is 381 g/mol. The summed E-state index contributed by atoms with van der Waals surface area (Å²) < 4.78 is 6.12. The quantitative estimate of drug-likeness (QED) is 0.780. The van der Waals surface area contributed by atoms with Crippen molar-refractivity contribution in [2.75, 3.05) is 6.54 Å². The lowest BCUT2D eigenvalue weighted by atomic mass is 9.94. The summed E-state index contributed by atoms with van der Waals surface area (Å²) in [5, 5.41) is 3.50. The number of fused-ring (bicyclic) bond motifs is 1. The second-order valence-electron chi connectivity index (χ2n) is 5.78. The minimum Gasteiger partial charge on any atom is -0.422 e. The van der Waals surface area contributed by atoms with Gasteiger partial charge in [0.05, 0.1) is 0 Å². The Morgan fingerprint density at radius 3 is 2.61 bits per heavy atom. The minimum atomic E-state index is -0.634. The molecule has 2 aromatic rings. The first-order valence-electron chi connectivity index (χ1n) is 7.61. The number of aryl methyl sites for hydroxylation is 1. The van der Waals surface area contributed by atoms with Gasteiger partial charge in [-0.05, 0) is 43.5 Å². The normalized spacial score (nSPS) is 11.7. The van der Waals surface area contributed by atoms with Gasteiger partial charge in [-0.1, -0.05) is 29.8 Å². The molecule has 0 unspecified atom stereocenters. The number of carbonyl (C=O) groups excluding carboxylic acids is 1. The fourth-order valence-corrected chi connectivity index (χ4v) is 2.79. The number of hydrogen-bond donors (Lipinski definition) is 2. The van der Waals surface area contributed by atoms with Gasteiger partial charge in [0.1, 0.15) is 11.1 Å². The van der Waals surface area contributed by atoms with E-state index in [0.717, 1.165) is 22.7 Å². The maximum Gasteiger partial charge on any atom is 0.349 e. The van der Waals surface area contributed by atoms with Crippen LogP contribution in [0.15, 0.2) is 31.9 Å². The Labute approximate surface area is 143 Å². The van der Waals surface area contributed by atoms with Gasteiger partial charge >= 0.3 is 5.63 Å². The molecule has 0 atom stereocenters. The van der Waals surface area contributed by atoms with Gasteiger partial charge in [-0.25, -0.2) is 4.79 Å². The topological polar surface area (TPSA) is 85.3 Å². The van der Waals surface area contributed by atoms with Gasteiger partial charge in [0, 0.05) is 21.9 Å². The van der Waals surface area contributed by atoms with Crippen LogP contribution in [0.5, 0.6) is 0 Å². The summed E-state index contributed by atoms with van der Waals surface area (Å²) in [5.41, 5.74) is 6.18. The molecule has 5 nitrogen and oxygen atoms in total. The van der Waals surface area contributed by atoms with Gasteiger partial charge in [0.25, 0.3) is 5.91 Å². The largest absolute Gasteiger partial charge is 0.422 e. The predicted octanol–water partition coefficient (Wildman–Crippen LogP) is 3.11. The maximum absolute atomic E-state index is 12.5. The van der Waals surface area contributed by atoms with Crippen molar-refractivity contribution < 1.29 is 9.21 Å². The van der Waals surface area contributed by atoms with Crippen molar-refractivity contribution in [3.8, 4) is 0 Å². The summed E-state index contributed by atoms with van der Waals surface area (Å²) in [4.78, 5) is 24.6. The minimum absolute atomic E-state index is 0.0326. The van der Waals surface area contributed by atoms with Crippen LogP contribution in [0, 0.1) is 6.92 Å². The molecule has 3 N–H and O–H groups in total. The number of halogens is 1. The molecule has 0 saturated heterocycles. The molecule has 1 aromatic heterocycles. The fraction of sp³-hybridized carbons (Fsp3) is 0.412. The van der Waals surface area contributed by atoms with E-state index in [0.29, 0.717) is 17.7 Å². The standard InChI is InChI=1S/C17H21BrN2O3/c1-4-17(19,5-2)9-20-15(21)14-10(3)12-8-11(18)6-7-13(12)23-16(14)22/h6-8H,4-5,9,19H2,1-3H3,(H,20,21). The molecule has 23 heavy (non-hydrogen) atoms. The lowest BCUT2D eigenvalue weighted by Gasteiger charge is -2.26. The highest BCUT2D eigenvalue weighted by Gasteiger charge is 2.24. The maximum atomic E-state index is 12.5. The van der Waals surface area contributed by atoms with E-state index in [1.54, 1.807) is 19.1 Å². The Bertz CT molecular complexity index is 794. The average Bonchev–Trinajstić information content (AvgIpc) is 2.53. The third-order valence-electron chi connectivity index (χ3n) is 4.36. The molecule has 0 bridgehead atoms. The third-order valence-corrected chi connectivity index (χ3v) is 4.86. The number of benzene rings is 1. The molecule has 0 fully saturated rings. The van der Waals surface area contributed by atoms with Crippen molar-refractivity contribution in [1.82, 2.24) is 5.32 Å². The third kappa shape index (κ3) is 3.64. The Kier molecular flexibility index (Phi) is 5.26. The molecule has 0 aliphatic rings. The van der Waals surface area contributed by atoms with E-state index in [-0.39, 0.29) is 5.56 Å². The second-order valence-corrected chi connectivity index (χ2v) is 6.70. The van der Waals surface area contributed by atoms with Gasteiger partial charge in [-0.3, -0.25) is 4.79 Å². The molecule has 1 aromatic carbocycles. The van der Waals surface area contributed by atoms with Crippen LogP contribution in [-0.2, 0) is 0 Å². The van der Waals surface area contributed by atoms with Crippen LogP contribution >= 0.6 is 15.9 Å². The van der Waals surface area contributed by atoms with Gasteiger partial charge in [0.15, 0.2) is 0 Å². The lowest BCUT2D eigenvalue weighted by molar-refractivity contribution is 0.0938. The number of nitrogens with two attached hydrogens (primary N) is 1. The molecular weight excluding hydrogens is 360 g/mol. The SMILES string of the molecule is CCC(N)(CC)CNC(=O)c1c(C)c2cc(Br)ccc2oc1=O. The van der Waals surface area contributed by atoms with Crippen LogP contribution in [0.2, 0.25) is 0 Å². The second kappa shape index (κ2) is 6.84. The molecular formula is C17H21BrN2O3. The molecule has 0 aliphatic carbocycles. The summed E-state index contributed by atoms with van der Waals surface area (Å²) in [6.45, 7) is 6.01. The van der Waals surface area contributed by atoms with Crippen LogP contribution in [-0.4, -0.2) is 18.0 Å². The molecule has 0 aliphatic heterocycles. The highest BCUT2D eigenvalue weighted by molar-refractivity contribution is 9.10. The molecule has 1 heterocycles. The van der Waals surface area contributed by atoms with Crippen molar-refractivity contribution in [3.05, 3.63) is 44.2 Å². The highest BCUT2D eigenvalue weighted by atomic mass is 79.9. The molecule has 0 radical (unpaired) electrons. The van der Waals surface area contributed by atoms with Crippen LogP contribution < -0.4 is 16.7 Å². The van der Waals surface area contributed by atoms with Crippen LogP contribution in [0.4, 0.5) is 0 Å². The molecule has 6 heteroatoms. The number of hydrogen-bond acceptors (Lipinski definition) is 4. The first-order chi connectivity index (χ1) is 10.8. The highest BCUT2D eigenvalue weighted by Crippen LogP contribution is 2.23. The molecule has 0 saturated carbocycles. The molecule has 124 valence electrons. The summed E-state index contributed by atoms with van der Waals surface area (Å²) in [7, 11) is 0. The number of carbonyl (C=O) groups is 1. The van der Waals surface area contributed by atoms with E-state index >= 15 is 0 Å². The Balaban J connectivity index is 2.39. The number of amides is 1. The molecule has 1 amide bonds. The Hall–Kier alpha value is -1.66. The Morgan fingerprint density at radius 1 is 1.35 bits per heavy atom. The van der Waals surface area contributed by atoms with Crippen molar-refractivity contribution >= 4 is 32.8 Å². The predicted molar refractivity (Wildman–Crippen MR) is 94.8 cm³/mol. The molecule has 2 rings (SSSR count). The smallest absolute Gasteiger partial charge is 0.349 e. The number of nitrogens with one attached hydrogen (secondary N) is 1. The fourth-order valence-electron chi connectivity index (χ4n) is 2.43. The van der Waals surface area contributed by atoms with E-state index < -0.39 is 17.1 Å². The summed E-state index contributed by atoms with van der Waals surface area (Å²) in [5.74, 6) is -0.449. The zero-order valence-corrected chi connectivity index (χ0v) is 15.1. The van der Waals surface area contributed by atoms with Crippen molar-refractivity contribution in [3.63, 3.8) is 0 Å². The first-order valence-corrected chi connectivity index (χ1v) is 8.40. The van der Waals surface area contributed by atoms with Crippen molar-refractivity contribution in [1.29, 1.82) is 0 Å². The summed E-state index contributed by atoms with van der Waals surface area (Å²) in [6, 6.07) is 5.32. The van der Waals surface area contributed by atoms with Gasteiger partial charge in [0.2, 0.25) is 0 Å². The van der Waals surface area contributed by atoms with E-state index in [2.05, 4.69) is 21.2 Å². The number of rotatable bonds is 5. The van der Waals surface area contributed by atoms with Gasteiger partial charge in [-0.2, -0.15) is 0 Å². The van der Waals surface area contributed by atoms with E-state index in [1.807, 2.05) is 19.9 Å². The van der Waals surface area contributed by atoms with Crippen LogP contribution in [0.25, 0.3) is 11.0 Å². The lowest BCUT2D eigenvalue weighted by Crippen LogP contribution is -2.49. The Morgan fingerprint density at radius 2 is 2.00 bits per heavy atom. The first kappa shape index (κ1) is 17.7. The summed E-state index contributed by atoms with van der Waals surface area (Å²) >= 11 is 3.39. The summed E-state index contributed by atoms with van der Waals surface area (Å²) in [6.07, 6.45) is 1.48. The van der Waals surface area contributed by atoms with Crippen LogP contribution in [0.3, 0.4) is 0 Å². The molecule has 0 spiro atoms. The van der Waals surface area contributed by atoms with E-state index in [4.69, 9.17) is 10.2 Å². The van der Waals surface area contributed by atoms with Gasteiger partial charge in [-0.15, -0.1) is 0 Å². The van der Waals surface area contributed by atoms with Crippen molar-refractivity contribution in [2.45, 2.75) is 39.2 Å².